The van der Waals surface area contributed by atoms with Gasteiger partial charge in [0.05, 0.1) is 25.2 Å². The third-order valence-corrected chi connectivity index (χ3v) is 13.5. The number of rotatable bonds is 18. The van der Waals surface area contributed by atoms with E-state index < -0.39 is 5.41 Å². The molecule has 4 atom stereocenters. The van der Waals surface area contributed by atoms with Gasteiger partial charge in [0.2, 0.25) is 0 Å². The van der Waals surface area contributed by atoms with Crippen molar-refractivity contribution < 1.29 is 19.3 Å². The lowest BCUT2D eigenvalue weighted by Gasteiger charge is -2.31. The Morgan fingerprint density at radius 3 is 1.59 bits per heavy atom. The van der Waals surface area contributed by atoms with Crippen molar-refractivity contribution in [1.82, 2.24) is 0 Å². The fourth-order valence-electron chi connectivity index (χ4n) is 8.27. The van der Waals surface area contributed by atoms with Crippen LogP contribution in [0.15, 0.2) is 130 Å². The molecule has 0 heterocycles. The fourth-order valence-corrected chi connectivity index (χ4v) is 8.67. The molecule has 7 rings (SSSR count). The Morgan fingerprint density at radius 1 is 0.587 bits per heavy atom. The average Bonchev–Trinajstić information content (AvgIpc) is 3.73. The third kappa shape index (κ3) is 9.73. The summed E-state index contributed by atoms with van der Waals surface area (Å²) in [5.74, 6) is 3.14. The maximum Gasteiger partial charge on any atom is 0.161 e. The van der Waals surface area contributed by atoms with E-state index in [1.165, 1.54) is 0 Å². The number of hydrogen-bond donors (Lipinski definition) is 1. The molecular formula is C57H60Br2O4. The van der Waals surface area contributed by atoms with Gasteiger partial charge < -0.3 is 19.3 Å². The number of aromatic hydroxyl groups is 1. The minimum absolute atomic E-state index is 0.126. The SMILES string of the molecule is C=C(Br)\C=C/C(=C\C)/C=C/c1ccc2c(c1)C1(c3cc(/C=C/c4ccc(Br)cc4)ccc3-2)c2cc(O)c(OCC(C)CC)cc2-c2cc(OCC(C)CC)c(OCC(C)CC)cc21. The second kappa shape index (κ2) is 20.2. The fraction of sp³-hybridized carbons (Fsp3) is 0.298. The van der Waals surface area contributed by atoms with Crippen LogP contribution in [-0.4, -0.2) is 24.9 Å². The molecule has 0 aromatic heterocycles. The number of hydrogen-bond acceptors (Lipinski definition) is 4. The van der Waals surface area contributed by atoms with Gasteiger partial charge in [-0.15, -0.1) is 0 Å². The summed E-state index contributed by atoms with van der Waals surface area (Å²) < 4.78 is 21.8. The first-order valence-electron chi connectivity index (χ1n) is 22.4. The number of fused-ring (bicyclic) bond motifs is 10. The Balaban J connectivity index is 1.52. The lowest BCUT2D eigenvalue weighted by molar-refractivity contribution is 0.217. The standard InChI is InChI=1S/C57H60Br2O4/c1-9-36(5)33-61-54-29-47-48-30-55(62-34-37(6)10-2)56(63-35-38(7)11-3)32-52(48)57(51(47)31-53(54)60)49-27-42(17-15-40(12-4)14-13-39(8)58)21-25-45(49)46-26-22-43(28-50(46)57)18-16-41-19-23-44(59)24-20-41/h12-32,36-38,60H,8-11,33-35H2,1-7H3/b14-13-,17-15+,18-16+,40-12+. The summed E-state index contributed by atoms with van der Waals surface area (Å²) in [5.41, 5.74) is 12.3. The topological polar surface area (TPSA) is 47.9 Å². The smallest absolute Gasteiger partial charge is 0.161 e. The maximum absolute atomic E-state index is 12.0. The highest BCUT2D eigenvalue weighted by molar-refractivity contribution is 9.11. The largest absolute Gasteiger partial charge is 0.504 e. The van der Waals surface area contributed by atoms with Crippen LogP contribution in [0, 0.1) is 17.8 Å². The normalized spacial score (nSPS) is 16.6. The molecule has 0 radical (unpaired) electrons. The second-order valence-corrected chi connectivity index (χ2v) is 19.3. The Kier molecular flexibility index (Phi) is 14.7. The molecule has 4 unspecified atom stereocenters. The van der Waals surface area contributed by atoms with E-state index in [4.69, 9.17) is 14.2 Å². The quantitative estimate of drug-likeness (QED) is 0.0688. The molecule has 0 saturated carbocycles. The number of phenolic OH excluding ortho intramolecular Hbond substituents is 1. The van der Waals surface area contributed by atoms with Crippen molar-refractivity contribution in [3.8, 4) is 45.3 Å². The molecular weight excluding hydrogens is 908 g/mol. The molecule has 326 valence electrons. The summed E-state index contributed by atoms with van der Waals surface area (Å²) in [6.07, 6.45) is 17.8. The second-order valence-electron chi connectivity index (χ2n) is 17.3. The van der Waals surface area contributed by atoms with Crippen LogP contribution in [0.1, 0.15) is 107 Å². The highest BCUT2D eigenvalue weighted by atomic mass is 79.9. The van der Waals surface area contributed by atoms with Crippen molar-refractivity contribution in [2.75, 3.05) is 19.8 Å². The van der Waals surface area contributed by atoms with Gasteiger partial charge in [0.25, 0.3) is 0 Å². The monoisotopic (exact) mass is 966 g/mol. The van der Waals surface area contributed by atoms with Crippen LogP contribution in [0.3, 0.4) is 0 Å². The van der Waals surface area contributed by atoms with Crippen LogP contribution in [0.25, 0.3) is 40.5 Å². The van der Waals surface area contributed by atoms with Gasteiger partial charge in [-0.25, -0.2) is 0 Å². The molecule has 0 saturated heterocycles. The van der Waals surface area contributed by atoms with Crippen molar-refractivity contribution in [2.45, 2.75) is 73.1 Å². The number of benzene rings is 5. The van der Waals surface area contributed by atoms with E-state index >= 15 is 0 Å². The average molecular weight is 969 g/mol. The minimum Gasteiger partial charge on any atom is -0.504 e. The third-order valence-electron chi connectivity index (χ3n) is 12.7. The summed E-state index contributed by atoms with van der Waals surface area (Å²) in [7, 11) is 0. The van der Waals surface area contributed by atoms with Crippen LogP contribution >= 0.6 is 31.9 Å². The van der Waals surface area contributed by atoms with Crippen molar-refractivity contribution in [1.29, 1.82) is 0 Å². The van der Waals surface area contributed by atoms with Gasteiger partial charge in [-0.05, 0) is 146 Å². The van der Waals surface area contributed by atoms with E-state index in [1.54, 1.807) is 0 Å². The van der Waals surface area contributed by atoms with Crippen LogP contribution in [0.2, 0.25) is 0 Å². The zero-order valence-electron chi connectivity index (χ0n) is 37.7. The van der Waals surface area contributed by atoms with E-state index in [1.807, 2.05) is 19.1 Å². The summed E-state index contributed by atoms with van der Waals surface area (Å²) in [6.45, 7) is 20.8. The van der Waals surface area contributed by atoms with Gasteiger partial charge in [-0.2, -0.15) is 0 Å². The molecule has 6 heteroatoms. The summed E-state index contributed by atoms with van der Waals surface area (Å²) in [6, 6.07) is 30.4. The molecule has 1 spiro atoms. The van der Waals surface area contributed by atoms with Crippen LogP contribution < -0.4 is 14.2 Å². The van der Waals surface area contributed by atoms with Crippen molar-refractivity contribution in [3.05, 3.63) is 169 Å². The minimum atomic E-state index is -0.811. The zero-order valence-corrected chi connectivity index (χ0v) is 40.9. The van der Waals surface area contributed by atoms with Gasteiger partial charge in [0.1, 0.15) is 0 Å². The highest BCUT2D eigenvalue weighted by Crippen LogP contribution is 2.65. The molecule has 1 N–H and O–H groups in total. The summed E-state index contributed by atoms with van der Waals surface area (Å²) in [5, 5.41) is 12.0. The van der Waals surface area contributed by atoms with Gasteiger partial charge in [0.15, 0.2) is 23.0 Å². The first-order valence-corrected chi connectivity index (χ1v) is 24.0. The van der Waals surface area contributed by atoms with E-state index in [0.717, 1.165) is 106 Å². The van der Waals surface area contributed by atoms with E-state index in [0.29, 0.717) is 43.3 Å². The Hall–Kier alpha value is -5.04. The number of ether oxygens (including phenoxy) is 3. The van der Waals surface area contributed by atoms with Crippen LogP contribution in [-0.2, 0) is 5.41 Å². The predicted molar refractivity (Wildman–Crippen MR) is 272 cm³/mol. The first-order chi connectivity index (χ1) is 30.4. The number of allylic oxidation sites excluding steroid dienone is 6. The molecule has 2 aliphatic rings. The number of halogens is 2. The zero-order chi connectivity index (χ0) is 44.8. The van der Waals surface area contributed by atoms with Crippen LogP contribution in [0.4, 0.5) is 0 Å². The molecule has 0 amide bonds. The molecule has 4 nitrogen and oxygen atoms in total. The lowest BCUT2D eigenvalue weighted by Crippen LogP contribution is -2.26. The van der Waals surface area contributed by atoms with Crippen molar-refractivity contribution in [2.24, 2.45) is 17.8 Å². The molecule has 0 bridgehead atoms. The van der Waals surface area contributed by atoms with Gasteiger partial charge >= 0.3 is 0 Å². The van der Waals surface area contributed by atoms with E-state index in [2.05, 4.69) is 195 Å². The van der Waals surface area contributed by atoms with Gasteiger partial charge in [-0.1, -0.05) is 172 Å². The van der Waals surface area contributed by atoms with Crippen molar-refractivity contribution >= 4 is 50.1 Å². The summed E-state index contributed by atoms with van der Waals surface area (Å²) >= 11 is 7.04. The van der Waals surface area contributed by atoms with Crippen molar-refractivity contribution in [3.63, 3.8) is 0 Å². The molecule has 5 aromatic carbocycles. The first kappa shape index (κ1) is 46.0. The Bertz CT molecular complexity index is 2600. The van der Waals surface area contributed by atoms with E-state index in [9.17, 15) is 5.11 Å². The maximum atomic E-state index is 12.0. The van der Waals surface area contributed by atoms with Crippen LogP contribution in [0.5, 0.6) is 23.0 Å². The predicted octanol–water partition coefficient (Wildman–Crippen LogP) is 16.4. The Labute approximate surface area is 392 Å². The molecule has 63 heavy (non-hydrogen) atoms. The molecule has 0 fully saturated rings. The summed E-state index contributed by atoms with van der Waals surface area (Å²) in [4.78, 5) is 0. The molecule has 2 aliphatic carbocycles. The number of phenols is 1. The van der Waals surface area contributed by atoms with Gasteiger partial charge in [-0.3, -0.25) is 0 Å². The van der Waals surface area contributed by atoms with E-state index in [-0.39, 0.29) is 5.75 Å². The van der Waals surface area contributed by atoms with Gasteiger partial charge in [0, 0.05) is 8.96 Å². The molecule has 0 aliphatic heterocycles. The molecule has 5 aromatic rings. The highest BCUT2D eigenvalue weighted by Gasteiger charge is 2.53. The Morgan fingerprint density at radius 2 is 1.05 bits per heavy atom. The lowest BCUT2D eigenvalue weighted by atomic mass is 9.70.